The van der Waals surface area contributed by atoms with Crippen LogP contribution in [0.1, 0.15) is 27.2 Å². The molecule has 5 rings (SSSR count). The molecule has 2 aromatic heterocycles. The third-order valence-corrected chi connectivity index (χ3v) is 5.67. The largest absolute Gasteiger partial charge is 0.451 e. The number of hydrogen-bond acceptors (Lipinski definition) is 5. The molecule has 2 heterocycles. The average molecular weight is 456 g/mol. The highest BCUT2D eigenvalue weighted by molar-refractivity contribution is 7.80. The summed E-state index contributed by atoms with van der Waals surface area (Å²) in [5, 5.41) is 6.81. The monoisotopic (exact) mass is 455 g/mol. The van der Waals surface area contributed by atoms with E-state index >= 15 is 0 Å². The maximum absolute atomic E-state index is 12.7. The molecule has 5 aromatic rings. The number of carbonyl (C=O) groups is 1. The Morgan fingerprint density at radius 3 is 2.61 bits per heavy atom. The Bertz CT molecular complexity index is 1550. The number of anilines is 1. The molecule has 7 heteroatoms. The fraction of sp³-hybridized carbons (Fsp3) is 0.115. The molecule has 2 N–H and O–H groups in total. The number of fused-ring (bicyclic) bond motifs is 2. The quantitative estimate of drug-likeness (QED) is 0.311. The Kier molecular flexibility index (Phi) is 5.18. The van der Waals surface area contributed by atoms with Gasteiger partial charge in [0.25, 0.3) is 5.91 Å². The van der Waals surface area contributed by atoms with Gasteiger partial charge in [-0.1, -0.05) is 30.3 Å². The van der Waals surface area contributed by atoms with E-state index < -0.39 is 5.91 Å². The highest BCUT2D eigenvalue weighted by Crippen LogP contribution is 2.29. The van der Waals surface area contributed by atoms with Crippen LogP contribution in [0.25, 0.3) is 33.5 Å². The Balaban J connectivity index is 1.34. The third kappa shape index (κ3) is 3.99. The van der Waals surface area contributed by atoms with Crippen LogP contribution in [-0.2, 0) is 0 Å². The number of hydrogen-bond donors (Lipinski definition) is 2. The first-order valence-corrected chi connectivity index (χ1v) is 10.9. The number of aryl methyl sites for hydroxylation is 3. The van der Waals surface area contributed by atoms with E-state index in [0.717, 1.165) is 38.7 Å². The smallest absolute Gasteiger partial charge is 0.293 e. The van der Waals surface area contributed by atoms with Crippen molar-refractivity contribution in [3.05, 3.63) is 83.1 Å². The number of para-hydroxylation sites is 1. The molecule has 0 aliphatic heterocycles. The molecule has 0 saturated carbocycles. The lowest BCUT2D eigenvalue weighted by Gasteiger charge is -2.09. The van der Waals surface area contributed by atoms with Crippen LogP contribution in [0.5, 0.6) is 0 Å². The lowest BCUT2D eigenvalue weighted by atomic mass is 10.1. The highest BCUT2D eigenvalue weighted by atomic mass is 32.1. The zero-order chi connectivity index (χ0) is 23.1. The highest BCUT2D eigenvalue weighted by Gasteiger charge is 2.18. The number of oxazole rings is 1. The number of rotatable bonds is 3. The maximum Gasteiger partial charge on any atom is 0.293 e. The van der Waals surface area contributed by atoms with E-state index in [2.05, 4.69) is 21.7 Å². The minimum atomic E-state index is -0.401. The molecular weight excluding hydrogens is 434 g/mol. The molecule has 0 radical (unpaired) electrons. The fourth-order valence-corrected chi connectivity index (χ4v) is 4.15. The van der Waals surface area contributed by atoms with Gasteiger partial charge < -0.3 is 14.2 Å². The zero-order valence-corrected chi connectivity index (χ0v) is 19.2. The van der Waals surface area contributed by atoms with Crippen LogP contribution in [0.3, 0.4) is 0 Å². The summed E-state index contributed by atoms with van der Waals surface area (Å²) in [4.78, 5) is 17.4. The molecule has 0 unspecified atom stereocenters. The van der Waals surface area contributed by atoms with Crippen LogP contribution >= 0.6 is 12.2 Å². The third-order valence-electron chi connectivity index (χ3n) is 5.46. The summed E-state index contributed by atoms with van der Waals surface area (Å²) < 4.78 is 11.7. The minimum Gasteiger partial charge on any atom is -0.451 e. The second-order valence-corrected chi connectivity index (χ2v) is 8.40. The van der Waals surface area contributed by atoms with Gasteiger partial charge in [-0.3, -0.25) is 10.1 Å². The number of carbonyl (C=O) groups excluding carboxylic acids is 1. The predicted molar refractivity (Wildman–Crippen MR) is 134 cm³/mol. The first kappa shape index (κ1) is 20.9. The predicted octanol–water partition coefficient (Wildman–Crippen LogP) is 6.29. The summed E-state index contributed by atoms with van der Waals surface area (Å²) >= 11 is 5.36. The van der Waals surface area contributed by atoms with Crippen molar-refractivity contribution in [3.63, 3.8) is 0 Å². The number of aromatic nitrogens is 1. The van der Waals surface area contributed by atoms with E-state index in [0.29, 0.717) is 17.2 Å². The Morgan fingerprint density at radius 2 is 1.79 bits per heavy atom. The molecule has 6 nitrogen and oxygen atoms in total. The van der Waals surface area contributed by atoms with E-state index in [1.54, 1.807) is 0 Å². The van der Waals surface area contributed by atoms with Gasteiger partial charge in [-0.2, -0.15) is 0 Å². The molecule has 3 aromatic carbocycles. The summed E-state index contributed by atoms with van der Waals surface area (Å²) in [6, 6.07) is 19.1. The summed E-state index contributed by atoms with van der Waals surface area (Å²) in [7, 11) is 0. The lowest BCUT2D eigenvalue weighted by molar-refractivity contribution is 0.0952. The van der Waals surface area contributed by atoms with E-state index in [1.807, 2.05) is 75.4 Å². The number of benzene rings is 3. The molecule has 0 atom stereocenters. The molecule has 1 amide bonds. The van der Waals surface area contributed by atoms with Crippen LogP contribution in [0.2, 0.25) is 0 Å². The van der Waals surface area contributed by atoms with Gasteiger partial charge in [-0.15, -0.1) is 0 Å². The zero-order valence-electron chi connectivity index (χ0n) is 18.4. The summed E-state index contributed by atoms with van der Waals surface area (Å²) in [5.74, 6) is 0.364. The van der Waals surface area contributed by atoms with Crippen molar-refractivity contribution in [2.75, 3.05) is 5.32 Å². The molecule has 0 bridgehead atoms. The SMILES string of the molecule is Cc1cc(C)c2oc(-c3cccc(NC(=S)NC(=O)c4oc5ccccc5c4C)c3)nc2c1. The number of thiocarbonyl (C=S) groups is 1. The molecule has 0 aliphatic carbocycles. The molecule has 33 heavy (non-hydrogen) atoms. The van der Waals surface area contributed by atoms with Gasteiger partial charge in [0.1, 0.15) is 11.1 Å². The first-order chi connectivity index (χ1) is 15.9. The molecule has 0 saturated heterocycles. The topological polar surface area (TPSA) is 80.3 Å². The van der Waals surface area contributed by atoms with Gasteiger partial charge in [-0.05, 0) is 74.4 Å². The van der Waals surface area contributed by atoms with Crippen molar-refractivity contribution in [2.24, 2.45) is 0 Å². The molecule has 0 fully saturated rings. The lowest BCUT2D eigenvalue weighted by Crippen LogP contribution is -2.34. The van der Waals surface area contributed by atoms with Crippen molar-refractivity contribution in [1.29, 1.82) is 0 Å². The van der Waals surface area contributed by atoms with Crippen LogP contribution in [0, 0.1) is 20.8 Å². The van der Waals surface area contributed by atoms with Crippen LogP contribution < -0.4 is 10.6 Å². The Morgan fingerprint density at radius 1 is 0.970 bits per heavy atom. The summed E-state index contributed by atoms with van der Waals surface area (Å²) in [6.45, 7) is 5.89. The Labute approximate surface area is 195 Å². The number of nitrogens with zero attached hydrogens (tertiary/aromatic N) is 1. The van der Waals surface area contributed by atoms with E-state index in [-0.39, 0.29) is 10.9 Å². The fourth-order valence-electron chi connectivity index (χ4n) is 3.94. The van der Waals surface area contributed by atoms with E-state index in [9.17, 15) is 4.79 Å². The minimum absolute atomic E-state index is 0.168. The standard InChI is InChI=1S/C26H21N3O3S/c1-14-11-15(2)22-20(12-14)28-25(32-22)17-7-6-8-18(13-17)27-26(33)29-24(30)23-16(3)19-9-4-5-10-21(19)31-23/h4-13H,1-3H3,(H2,27,29,30,33). The van der Waals surface area contributed by atoms with Crippen LogP contribution in [-0.4, -0.2) is 16.0 Å². The van der Waals surface area contributed by atoms with Gasteiger partial charge in [0.2, 0.25) is 5.89 Å². The number of amides is 1. The van der Waals surface area contributed by atoms with Crippen molar-refractivity contribution < 1.29 is 13.6 Å². The molecule has 0 aliphatic rings. The second kappa shape index (κ2) is 8.18. The molecule has 164 valence electrons. The van der Waals surface area contributed by atoms with Crippen molar-refractivity contribution >= 4 is 51.0 Å². The van der Waals surface area contributed by atoms with Gasteiger partial charge in [0.15, 0.2) is 16.5 Å². The molecule has 0 spiro atoms. The normalized spacial score (nSPS) is 11.1. The second-order valence-electron chi connectivity index (χ2n) is 7.99. The van der Waals surface area contributed by atoms with Crippen LogP contribution in [0.4, 0.5) is 5.69 Å². The van der Waals surface area contributed by atoms with Crippen molar-refractivity contribution in [3.8, 4) is 11.5 Å². The van der Waals surface area contributed by atoms with Crippen LogP contribution in [0.15, 0.2) is 69.5 Å². The molecular formula is C26H21N3O3S. The Hall–Kier alpha value is -3.97. The summed E-state index contributed by atoms with van der Waals surface area (Å²) in [6.07, 6.45) is 0. The maximum atomic E-state index is 12.7. The van der Waals surface area contributed by atoms with Crippen molar-refractivity contribution in [2.45, 2.75) is 20.8 Å². The van der Waals surface area contributed by atoms with Gasteiger partial charge in [0, 0.05) is 22.2 Å². The van der Waals surface area contributed by atoms with Gasteiger partial charge in [-0.25, -0.2) is 4.98 Å². The number of furan rings is 1. The summed E-state index contributed by atoms with van der Waals surface area (Å²) in [5.41, 5.74) is 6.72. The number of nitrogens with one attached hydrogen (secondary N) is 2. The van der Waals surface area contributed by atoms with Gasteiger partial charge >= 0.3 is 0 Å². The average Bonchev–Trinajstić information content (AvgIpc) is 3.36. The van der Waals surface area contributed by atoms with Crippen molar-refractivity contribution in [1.82, 2.24) is 10.3 Å². The first-order valence-electron chi connectivity index (χ1n) is 10.5. The van der Waals surface area contributed by atoms with Gasteiger partial charge in [0.05, 0.1) is 0 Å². The van der Waals surface area contributed by atoms with E-state index in [1.165, 1.54) is 0 Å². The van der Waals surface area contributed by atoms with E-state index in [4.69, 9.17) is 21.1 Å².